The number of likely N-dealkylation sites (N-methyl/N-ethyl adjacent to an activating group) is 1. The average Bonchev–Trinajstić information content (AvgIpc) is 3.89. The van der Waals surface area contributed by atoms with Crippen LogP contribution in [0.5, 0.6) is 5.75 Å². The zero-order chi connectivity index (χ0) is 56.0. The van der Waals surface area contributed by atoms with E-state index in [1.165, 1.54) is 54.7 Å². The highest BCUT2D eigenvalue weighted by molar-refractivity contribution is 8.00. The number of hydrogen-bond acceptors (Lipinski definition) is 17. The number of anilines is 1. The number of likely N-dealkylation sites (tertiary alicyclic amines) is 1. The maximum Gasteiger partial charge on any atom is 0.409 e. The second-order valence-corrected chi connectivity index (χ2v) is 22.3. The molecule has 5 heterocycles. The van der Waals surface area contributed by atoms with Gasteiger partial charge in [-0.3, -0.25) is 39.0 Å². The summed E-state index contributed by atoms with van der Waals surface area (Å²) in [6.07, 6.45) is 4.53. The van der Waals surface area contributed by atoms with Crippen LogP contribution in [0.1, 0.15) is 111 Å². The van der Waals surface area contributed by atoms with Gasteiger partial charge in [0, 0.05) is 71.5 Å². The lowest BCUT2D eigenvalue weighted by atomic mass is 9.83. The molecule has 6 aliphatic rings. The predicted octanol–water partition coefficient (Wildman–Crippen LogP) is 5.21. The van der Waals surface area contributed by atoms with E-state index >= 15 is 0 Å². The molecule has 1 aromatic rings. The molecule has 418 valence electrons. The summed E-state index contributed by atoms with van der Waals surface area (Å²) in [7, 11) is 5.90. The molecule has 0 radical (unpaired) electrons. The summed E-state index contributed by atoms with van der Waals surface area (Å²) in [4.78, 5) is 122. The number of benzene rings is 1. The zero-order valence-electron chi connectivity index (χ0n) is 44.9. The molecule has 9 atom stereocenters. The second-order valence-electron chi connectivity index (χ2n) is 20.6. The molecule has 1 aliphatic carbocycles. The van der Waals surface area contributed by atoms with Crippen LogP contribution in [0.25, 0.3) is 0 Å². The van der Waals surface area contributed by atoms with Crippen LogP contribution in [0.4, 0.5) is 10.5 Å². The third kappa shape index (κ3) is 13.8. The number of methoxy groups -OCH3 is 2. The lowest BCUT2D eigenvalue weighted by Gasteiger charge is -2.42. The van der Waals surface area contributed by atoms with E-state index in [4.69, 9.17) is 40.1 Å². The van der Waals surface area contributed by atoms with Crippen molar-refractivity contribution in [2.45, 2.75) is 159 Å². The Bertz CT molecular complexity index is 2470. The van der Waals surface area contributed by atoms with E-state index in [0.29, 0.717) is 28.8 Å². The number of epoxide rings is 1. The molecule has 4 saturated heterocycles. The number of thioether (sulfide) groups is 1. The molecule has 4 bridgehead atoms. The number of rotatable bonds is 12. The first-order valence-electron chi connectivity index (χ1n) is 25.7. The summed E-state index contributed by atoms with van der Waals surface area (Å²) in [6.45, 7) is 11.1. The number of carbonyl (C=O) groups is 9. The third-order valence-electron chi connectivity index (χ3n) is 15.2. The molecule has 0 aromatic heterocycles. The number of halogens is 1. The van der Waals surface area contributed by atoms with Crippen molar-refractivity contribution >= 4 is 82.5 Å². The fourth-order valence-corrected chi connectivity index (χ4v) is 11.5. The smallest absolute Gasteiger partial charge is 0.409 e. The van der Waals surface area contributed by atoms with E-state index in [2.05, 4.69) is 12.2 Å². The number of aliphatic hydroxyl groups is 1. The zero-order valence-corrected chi connectivity index (χ0v) is 46.5. The fourth-order valence-electron chi connectivity index (χ4n) is 10.1. The van der Waals surface area contributed by atoms with Gasteiger partial charge >= 0.3 is 18.0 Å². The minimum absolute atomic E-state index is 0.00432. The van der Waals surface area contributed by atoms with E-state index in [1.54, 1.807) is 52.1 Å². The van der Waals surface area contributed by atoms with Crippen LogP contribution in [0, 0.1) is 17.8 Å². The van der Waals surface area contributed by atoms with E-state index in [9.17, 15) is 48.3 Å². The van der Waals surface area contributed by atoms with Gasteiger partial charge in [-0.2, -0.15) is 0 Å². The molecule has 1 saturated carbocycles. The SMILES string of the molecule is CC1CCC(C(=O)ON2C(=O)CCC2=O)CC1.CCN1C(=O)CC(SCCC(=O)N(C)[C@@H](C)C(=O)O[C@H]2CC(=O)N(C)c3cc(cc(OC)c3Cl)CC(C)=CC=CC(OC)[C@@]3(O)C[C@H](OC(=O)N3)[C@@H](C)[C@@H]3O[C@@]23C)C1=O. The summed E-state index contributed by atoms with van der Waals surface area (Å²) in [5.41, 5.74) is -1.08. The third-order valence-corrected chi connectivity index (χ3v) is 16.8. The lowest BCUT2D eigenvalue weighted by molar-refractivity contribution is -0.201. The number of carbonyl (C=O) groups excluding carboxylic acids is 9. The van der Waals surface area contributed by atoms with Gasteiger partial charge in [-0.25, -0.2) is 14.4 Å². The van der Waals surface area contributed by atoms with Gasteiger partial charge in [0.05, 0.1) is 36.5 Å². The van der Waals surface area contributed by atoms with Crippen LogP contribution >= 0.6 is 23.4 Å². The van der Waals surface area contributed by atoms with Crippen molar-refractivity contribution in [3.05, 3.63) is 46.5 Å². The first-order chi connectivity index (χ1) is 35.8. The Morgan fingerprint density at radius 3 is 2.29 bits per heavy atom. The first kappa shape index (κ1) is 59.7. The van der Waals surface area contributed by atoms with Crippen LogP contribution in [0.2, 0.25) is 5.02 Å². The van der Waals surface area contributed by atoms with Gasteiger partial charge < -0.3 is 43.4 Å². The van der Waals surface area contributed by atoms with Crippen molar-refractivity contribution in [1.29, 1.82) is 0 Å². The Hall–Kier alpha value is -5.55. The Balaban J connectivity index is 0.000000464. The van der Waals surface area contributed by atoms with E-state index in [1.807, 2.05) is 13.0 Å². The van der Waals surface area contributed by atoms with Crippen molar-refractivity contribution < 1.29 is 76.8 Å². The highest BCUT2D eigenvalue weighted by Crippen LogP contribution is 2.49. The summed E-state index contributed by atoms with van der Waals surface area (Å²) < 4.78 is 29.3. The van der Waals surface area contributed by atoms with Crippen molar-refractivity contribution in [3.8, 4) is 5.75 Å². The van der Waals surface area contributed by atoms with Gasteiger partial charge in [-0.05, 0) is 83.4 Å². The predicted molar refractivity (Wildman–Crippen MR) is 277 cm³/mol. The summed E-state index contributed by atoms with van der Waals surface area (Å²) >= 11 is 8.00. The molecule has 2 unspecified atom stereocenters. The maximum atomic E-state index is 14.2. The summed E-state index contributed by atoms with van der Waals surface area (Å²) in [5, 5.41) is 14.6. The normalized spacial score (nSPS) is 30.3. The quantitative estimate of drug-likeness (QED) is 0.155. The van der Waals surface area contributed by atoms with Crippen molar-refractivity contribution in [3.63, 3.8) is 0 Å². The Kier molecular flexibility index (Phi) is 19.9. The number of alkyl carbamates (subject to hydrolysis) is 1. The van der Waals surface area contributed by atoms with Crippen molar-refractivity contribution in [2.75, 3.05) is 45.5 Å². The standard InChI is InChI=1S/C41H55ClN4O12S.C12H17NO4/c1-10-46-34(49)19-29(37(46)50)59-15-14-32(47)44(6)24(4)38(51)57-31-20-33(48)45(7)26-17-25(18-27(54-8)35(26)42)16-22(2)12-11-13-30(55-9)41(53)21-28(56-39(52)43-41)23(3)36-40(31,5)58-36;1-8-2-4-9(5-3-8)12(16)17-13-10(14)6-7-11(13)15/h11-13,17-18,23-24,28-31,36,53H,10,14-16,19-21H2,1-9H3,(H,43,52);8-9H,2-7H2,1H3/t23-,24+,28+,29?,30?,31+,36+,40+,41+;/m1./s1. The summed E-state index contributed by atoms with van der Waals surface area (Å²) in [5.74, 6) is -2.91. The number of hydroxylamine groups is 2. The van der Waals surface area contributed by atoms with Crippen molar-refractivity contribution in [2.24, 2.45) is 17.8 Å². The number of nitrogens with zero attached hydrogens (tertiary/aromatic N) is 4. The number of allylic oxidation sites excluding steroid dienone is 3. The monoisotopic (exact) mass is 1100 g/mol. The van der Waals surface area contributed by atoms with Crippen LogP contribution in [0.15, 0.2) is 35.9 Å². The number of fused-ring (bicyclic) bond motifs is 5. The molecule has 21 nitrogen and oxygen atoms in total. The number of nitrogens with one attached hydrogen (secondary N) is 1. The number of hydrogen-bond donors (Lipinski definition) is 2. The molecule has 0 spiro atoms. The molecular weight excluding hydrogens is 1030 g/mol. The van der Waals surface area contributed by atoms with Crippen LogP contribution in [-0.2, 0) is 68.6 Å². The van der Waals surface area contributed by atoms with Gasteiger partial charge in [-0.15, -0.1) is 16.8 Å². The minimum Gasteiger partial charge on any atom is -0.495 e. The van der Waals surface area contributed by atoms with E-state index < -0.39 is 88.7 Å². The highest BCUT2D eigenvalue weighted by atomic mass is 35.5. The molecule has 7 amide bonds. The molecule has 5 aliphatic heterocycles. The molecule has 5 fully saturated rings. The molecule has 1 aromatic carbocycles. The Morgan fingerprint density at radius 2 is 1.67 bits per heavy atom. The summed E-state index contributed by atoms with van der Waals surface area (Å²) in [6, 6.07) is 2.46. The number of ether oxygens (including phenoxy) is 5. The Morgan fingerprint density at radius 1 is 1.00 bits per heavy atom. The molecule has 7 rings (SSSR count). The van der Waals surface area contributed by atoms with Gasteiger partial charge in [0.15, 0.2) is 5.72 Å². The van der Waals surface area contributed by atoms with Crippen LogP contribution in [-0.4, -0.2) is 161 Å². The number of imide groups is 2. The van der Waals surface area contributed by atoms with Gasteiger partial charge in [0.1, 0.15) is 40.7 Å². The van der Waals surface area contributed by atoms with E-state index in [-0.39, 0.29) is 79.5 Å². The van der Waals surface area contributed by atoms with Gasteiger partial charge in [0.2, 0.25) is 23.6 Å². The number of amides is 7. The largest absolute Gasteiger partial charge is 0.495 e. The highest BCUT2D eigenvalue weighted by Gasteiger charge is 2.64. The minimum atomic E-state index is -1.86. The van der Waals surface area contributed by atoms with Gasteiger partial charge in [-0.1, -0.05) is 49.2 Å². The van der Waals surface area contributed by atoms with Crippen LogP contribution in [0.3, 0.4) is 0 Å². The Labute approximate surface area is 452 Å². The molecular formula is C53H72ClN5O16S. The average molecular weight is 1100 g/mol. The second kappa shape index (κ2) is 25.3. The molecule has 23 heteroatoms. The van der Waals surface area contributed by atoms with E-state index in [0.717, 1.165) is 36.8 Å². The molecule has 2 N–H and O–H groups in total. The molecule has 76 heavy (non-hydrogen) atoms. The first-order valence-corrected chi connectivity index (χ1v) is 27.2. The number of esters is 1. The topological polar surface area (TPSA) is 258 Å². The van der Waals surface area contributed by atoms with Crippen LogP contribution < -0.4 is 15.0 Å². The fraction of sp³-hybridized carbons (Fsp3) is 0.642. The maximum absolute atomic E-state index is 14.2. The van der Waals surface area contributed by atoms with Gasteiger partial charge in [0.25, 0.3) is 11.8 Å². The lowest BCUT2D eigenvalue weighted by Crippen LogP contribution is -2.63. The van der Waals surface area contributed by atoms with Crippen molar-refractivity contribution in [1.82, 2.24) is 20.2 Å².